The number of thioether (sulfide) groups is 1. The monoisotopic (exact) mass is 355 g/mol. The zero-order valence-corrected chi connectivity index (χ0v) is 15.0. The fourth-order valence-electron chi connectivity index (χ4n) is 3.09. The van der Waals surface area contributed by atoms with Crippen molar-refractivity contribution in [1.82, 2.24) is 5.32 Å². The van der Waals surface area contributed by atoms with Crippen molar-refractivity contribution in [2.75, 3.05) is 12.4 Å². The first-order valence-electron chi connectivity index (χ1n) is 7.82. The van der Waals surface area contributed by atoms with Gasteiger partial charge in [0.2, 0.25) is 0 Å². The quantitative estimate of drug-likeness (QED) is 0.810. The number of hydrogen-bond acceptors (Lipinski definition) is 4. The molecule has 5 nitrogen and oxygen atoms in total. The van der Waals surface area contributed by atoms with Crippen LogP contribution in [0.25, 0.3) is 0 Å². The maximum atomic E-state index is 14.3. The van der Waals surface area contributed by atoms with Gasteiger partial charge in [-0.1, -0.05) is 20.8 Å². The summed E-state index contributed by atoms with van der Waals surface area (Å²) in [6.45, 7) is 7.42. The number of carboxylic acid groups (broad SMARTS) is 1. The summed E-state index contributed by atoms with van der Waals surface area (Å²) >= 11 is 1.34. The maximum absolute atomic E-state index is 14.3. The average Bonchev–Trinajstić information content (AvgIpc) is 2.49. The lowest BCUT2D eigenvalue weighted by Gasteiger charge is -2.38. The molecule has 0 bridgehead atoms. The molecular formula is C17H22FNO4S. The number of halogens is 1. The molecule has 1 aliphatic carbocycles. The van der Waals surface area contributed by atoms with Crippen LogP contribution in [-0.2, 0) is 14.3 Å². The molecule has 7 heteroatoms. The second-order valence-electron chi connectivity index (χ2n) is 6.29. The van der Waals surface area contributed by atoms with E-state index in [1.165, 1.54) is 23.9 Å². The smallest absolute Gasteiger partial charge is 0.314 e. The van der Waals surface area contributed by atoms with Crippen molar-refractivity contribution in [1.29, 1.82) is 0 Å². The van der Waals surface area contributed by atoms with Gasteiger partial charge >= 0.3 is 5.97 Å². The van der Waals surface area contributed by atoms with Gasteiger partial charge in [-0.2, -0.15) is 0 Å². The number of rotatable bonds is 4. The fraction of sp³-hybridized carbons (Fsp3) is 0.529. The zero-order chi connectivity index (χ0) is 18.1. The molecule has 0 fully saturated rings. The van der Waals surface area contributed by atoms with Gasteiger partial charge in [0, 0.05) is 5.75 Å². The molecule has 0 aromatic carbocycles. The molecule has 2 atom stereocenters. The number of carboxylic acids is 1. The van der Waals surface area contributed by atoms with E-state index in [1.807, 2.05) is 0 Å². The minimum Gasteiger partial charge on any atom is -0.496 e. The van der Waals surface area contributed by atoms with E-state index in [4.69, 9.17) is 4.74 Å². The molecule has 0 saturated carbocycles. The Morgan fingerprint density at radius 2 is 2.17 bits per heavy atom. The summed E-state index contributed by atoms with van der Waals surface area (Å²) in [6.07, 6.45) is 2.59. The van der Waals surface area contributed by atoms with Crippen LogP contribution in [0.1, 0.15) is 27.7 Å². The molecule has 0 aromatic rings. The van der Waals surface area contributed by atoms with Gasteiger partial charge < -0.3 is 15.2 Å². The van der Waals surface area contributed by atoms with Crippen LogP contribution in [0.5, 0.6) is 0 Å². The predicted molar refractivity (Wildman–Crippen MR) is 90.6 cm³/mol. The van der Waals surface area contributed by atoms with Crippen LogP contribution in [0.3, 0.4) is 0 Å². The molecule has 0 spiro atoms. The van der Waals surface area contributed by atoms with E-state index in [2.05, 4.69) is 5.32 Å². The van der Waals surface area contributed by atoms with Gasteiger partial charge in [0.05, 0.1) is 17.7 Å². The van der Waals surface area contributed by atoms with E-state index < -0.39 is 29.0 Å². The van der Waals surface area contributed by atoms with Crippen molar-refractivity contribution in [3.8, 4) is 0 Å². The maximum Gasteiger partial charge on any atom is 0.314 e. The second kappa shape index (κ2) is 7.01. The number of ether oxygens (including phenoxy) is 1. The van der Waals surface area contributed by atoms with Crippen molar-refractivity contribution in [2.45, 2.75) is 27.7 Å². The van der Waals surface area contributed by atoms with Crippen molar-refractivity contribution >= 4 is 23.6 Å². The van der Waals surface area contributed by atoms with E-state index >= 15 is 0 Å². The van der Waals surface area contributed by atoms with E-state index in [9.17, 15) is 19.1 Å². The number of carbonyl (C=O) groups excluding carboxylic acids is 1. The highest BCUT2D eigenvalue weighted by atomic mass is 32.2. The predicted octanol–water partition coefficient (Wildman–Crippen LogP) is 3.21. The molecule has 2 N–H and O–H groups in total. The van der Waals surface area contributed by atoms with Gasteiger partial charge in [-0.15, -0.1) is 11.8 Å². The number of allylic oxidation sites excluding steroid dienone is 3. The van der Waals surface area contributed by atoms with Crippen molar-refractivity contribution in [3.05, 3.63) is 34.3 Å². The molecule has 2 unspecified atom stereocenters. The zero-order valence-electron chi connectivity index (χ0n) is 14.2. The van der Waals surface area contributed by atoms with Crippen molar-refractivity contribution < 1.29 is 23.8 Å². The minimum atomic E-state index is -1.27. The first kappa shape index (κ1) is 18.6. The van der Waals surface area contributed by atoms with E-state index in [-0.39, 0.29) is 11.6 Å². The molecule has 0 aromatic heterocycles. The molecule has 1 heterocycles. The van der Waals surface area contributed by atoms with Gasteiger partial charge in [-0.25, -0.2) is 4.39 Å². The third kappa shape index (κ3) is 3.22. The standard InChI is InChI=1S/C17H22FNO4S/c1-9(2)17(16(21)22)8-13(12(18)7-10(17)3)19-15(20)14-11(4)23-5-6-24-14/h7-10H,5-6H2,1-4H3,(H,19,20)(H,21,22). The van der Waals surface area contributed by atoms with Crippen molar-refractivity contribution in [3.63, 3.8) is 0 Å². The Morgan fingerprint density at radius 1 is 1.50 bits per heavy atom. The molecule has 2 aliphatic rings. The summed E-state index contributed by atoms with van der Waals surface area (Å²) in [5.74, 6) is -1.80. The lowest BCUT2D eigenvalue weighted by molar-refractivity contribution is -0.150. The molecule has 0 radical (unpaired) electrons. The highest BCUT2D eigenvalue weighted by molar-refractivity contribution is 8.04. The fourth-order valence-corrected chi connectivity index (χ4v) is 3.90. The first-order chi connectivity index (χ1) is 11.2. The molecule has 0 saturated heterocycles. The summed E-state index contributed by atoms with van der Waals surface area (Å²) in [6, 6.07) is 0. The topological polar surface area (TPSA) is 75.6 Å². The summed E-state index contributed by atoms with van der Waals surface area (Å²) in [7, 11) is 0. The molecule has 24 heavy (non-hydrogen) atoms. The third-order valence-corrected chi connectivity index (χ3v) is 5.67. The number of hydrogen-bond donors (Lipinski definition) is 2. The largest absolute Gasteiger partial charge is 0.496 e. The number of carbonyl (C=O) groups is 2. The van der Waals surface area contributed by atoms with Gasteiger partial charge in [-0.3, -0.25) is 9.59 Å². The average molecular weight is 355 g/mol. The van der Waals surface area contributed by atoms with Crippen LogP contribution >= 0.6 is 11.8 Å². The number of aliphatic carboxylic acids is 1. The highest BCUT2D eigenvalue weighted by Gasteiger charge is 2.47. The molecular weight excluding hydrogens is 333 g/mol. The number of amides is 1. The van der Waals surface area contributed by atoms with Gasteiger partial charge in [-0.05, 0) is 30.9 Å². The van der Waals surface area contributed by atoms with Crippen molar-refractivity contribution in [2.24, 2.45) is 17.3 Å². The lowest BCUT2D eigenvalue weighted by Crippen LogP contribution is -2.43. The Morgan fingerprint density at radius 3 is 2.71 bits per heavy atom. The Bertz CT molecular complexity index is 653. The van der Waals surface area contributed by atoms with E-state index in [1.54, 1.807) is 27.7 Å². The Balaban J connectivity index is 2.36. The summed E-state index contributed by atoms with van der Waals surface area (Å²) < 4.78 is 19.7. The van der Waals surface area contributed by atoms with Crippen LogP contribution < -0.4 is 5.32 Å². The van der Waals surface area contributed by atoms with Gasteiger partial charge in [0.1, 0.15) is 16.5 Å². The Labute approximate surface area is 145 Å². The second-order valence-corrected chi connectivity index (χ2v) is 7.40. The highest BCUT2D eigenvalue weighted by Crippen LogP contribution is 2.44. The van der Waals surface area contributed by atoms with Crippen LogP contribution in [0.4, 0.5) is 4.39 Å². The van der Waals surface area contributed by atoms with Crippen LogP contribution in [0.15, 0.2) is 34.3 Å². The first-order valence-corrected chi connectivity index (χ1v) is 8.80. The Hall–Kier alpha value is -1.76. The van der Waals surface area contributed by atoms with Gasteiger partial charge in [0.15, 0.2) is 0 Å². The summed E-state index contributed by atoms with van der Waals surface area (Å²) in [4.78, 5) is 24.7. The molecule has 1 aliphatic heterocycles. The minimum absolute atomic E-state index is 0.0966. The molecule has 2 rings (SSSR count). The lowest BCUT2D eigenvalue weighted by atomic mass is 9.65. The summed E-state index contributed by atoms with van der Waals surface area (Å²) in [5, 5.41) is 12.2. The number of nitrogens with one attached hydrogen (secondary N) is 1. The van der Waals surface area contributed by atoms with Gasteiger partial charge in [0.25, 0.3) is 5.91 Å². The Kier molecular flexibility index (Phi) is 5.42. The normalized spacial score (nSPS) is 27.3. The van der Waals surface area contributed by atoms with E-state index in [0.29, 0.717) is 23.0 Å². The van der Waals surface area contributed by atoms with E-state index in [0.717, 1.165) is 0 Å². The molecule has 132 valence electrons. The molecule has 1 amide bonds. The van der Waals surface area contributed by atoms with Crippen LogP contribution in [0, 0.1) is 17.3 Å². The third-order valence-electron chi connectivity index (χ3n) is 4.54. The van der Waals surface area contributed by atoms with Crippen LogP contribution in [-0.4, -0.2) is 29.3 Å². The SMILES string of the molecule is CC1=C(C(=O)NC2=CC(C(=O)O)(C(C)C)C(C)C=C2F)SCCO1. The van der Waals surface area contributed by atoms with Crippen LogP contribution in [0.2, 0.25) is 0 Å². The summed E-state index contributed by atoms with van der Waals surface area (Å²) in [5.41, 5.74) is -1.36.